The van der Waals surface area contributed by atoms with Crippen LogP contribution in [0.3, 0.4) is 0 Å². The van der Waals surface area contributed by atoms with Crippen molar-refractivity contribution in [1.29, 1.82) is 0 Å². The van der Waals surface area contributed by atoms with Crippen LogP contribution in [0.25, 0.3) is 0 Å². The van der Waals surface area contributed by atoms with E-state index < -0.39 is 17.9 Å². The molecule has 2 aliphatic heterocycles. The molecular formula is C15H12O4. The highest BCUT2D eigenvalue weighted by Gasteiger charge is 2.48. The van der Waals surface area contributed by atoms with E-state index in [0.717, 1.165) is 0 Å². The topological polar surface area (TPSA) is 44.8 Å². The van der Waals surface area contributed by atoms with Crippen molar-refractivity contribution in [1.82, 2.24) is 0 Å². The molecule has 0 aromatic carbocycles. The molecule has 0 aliphatic carbocycles. The molecule has 4 heteroatoms. The molecule has 0 fully saturated rings. The average molecular weight is 256 g/mol. The Hall–Kier alpha value is -2.59. The number of hydrogen-bond donors (Lipinski definition) is 0. The summed E-state index contributed by atoms with van der Waals surface area (Å²) in [6, 6.07) is 0. The van der Waals surface area contributed by atoms with E-state index in [1.54, 1.807) is 31.2 Å². The predicted molar refractivity (Wildman–Crippen MR) is 68.0 cm³/mol. The van der Waals surface area contributed by atoms with Crippen LogP contribution in [0, 0.1) is 23.7 Å². The van der Waals surface area contributed by atoms with Gasteiger partial charge in [-0.25, -0.2) is 0 Å². The molecule has 4 nitrogen and oxygen atoms in total. The Morgan fingerprint density at radius 1 is 1.53 bits per heavy atom. The largest absolute Gasteiger partial charge is 0.453 e. The average Bonchev–Trinajstić information content (AvgIpc) is 2.94. The van der Waals surface area contributed by atoms with Gasteiger partial charge >= 0.3 is 11.8 Å². The quantitative estimate of drug-likeness (QED) is 0.528. The third-order valence-electron chi connectivity index (χ3n) is 2.43. The Kier molecular flexibility index (Phi) is 3.63. The van der Waals surface area contributed by atoms with Gasteiger partial charge in [0.05, 0.1) is 6.26 Å². The molecule has 2 atom stereocenters. The first-order valence-corrected chi connectivity index (χ1v) is 5.69. The summed E-state index contributed by atoms with van der Waals surface area (Å²) in [5, 5.41) is 0. The zero-order chi connectivity index (χ0) is 13.7. The smallest absolute Gasteiger partial charge is 0.312 e. The summed E-state index contributed by atoms with van der Waals surface area (Å²) < 4.78 is 16.2. The molecule has 19 heavy (non-hydrogen) atoms. The van der Waals surface area contributed by atoms with Gasteiger partial charge in [-0.3, -0.25) is 4.79 Å². The normalized spacial score (nSPS) is 28.1. The van der Waals surface area contributed by atoms with E-state index >= 15 is 0 Å². The number of ether oxygens (including phenoxy) is 3. The Labute approximate surface area is 111 Å². The van der Waals surface area contributed by atoms with E-state index in [4.69, 9.17) is 14.2 Å². The maximum absolute atomic E-state index is 11.0. The van der Waals surface area contributed by atoms with Gasteiger partial charge in [0.25, 0.3) is 0 Å². The van der Waals surface area contributed by atoms with E-state index in [0.29, 0.717) is 5.76 Å². The minimum absolute atomic E-state index is 0.396. The summed E-state index contributed by atoms with van der Waals surface area (Å²) >= 11 is 0. The molecular weight excluding hydrogens is 244 g/mol. The molecule has 1 spiro atoms. The molecule has 0 N–H and O–H groups in total. The van der Waals surface area contributed by atoms with Crippen LogP contribution >= 0.6 is 0 Å². The third kappa shape index (κ3) is 2.81. The van der Waals surface area contributed by atoms with Crippen molar-refractivity contribution in [3.05, 3.63) is 36.3 Å². The minimum Gasteiger partial charge on any atom is -0.453 e. The maximum atomic E-state index is 11.0. The molecule has 0 aromatic rings. The lowest BCUT2D eigenvalue weighted by Gasteiger charge is -2.27. The summed E-state index contributed by atoms with van der Waals surface area (Å²) in [6.07, 6.45) is 7.48. The summed E-state index contributed by atoms with van der Waals surface area (Å²) in [4.78, 5) is 11.0. The van der Waals surface area contributed by atoms with Crippen LogP contribution in [0.15, 0.2) is 36.3 Å². The minimum atomic E-state index is -1.10. The Morgan fingerprint density at radius 2 is 2.37 bits per heavy atom. The molecule has 2 heterocycles. The van der Waals surface area contributed by atoms with Crippen molar-refractivity contribution < 1.29 is 19.0 Å². The van der Waals surface area contributed by atoms with E-state index in [-0.39, 0.29) is 0 Å². The first kappa shape index (κ1) is 12.9. The Balaban J connectivity index is 2.09. The van der Waals surface area contributed by atoms with Gasteiger partial charge in [0.1, 0.15) is 5.76 Å². The van der Waals surface area contributed by atoms with Gasteiger partial charge in [0, 0.05) is 19.1 Å². The van der Waals surface area contributed by atoms with Gasteiger partial charge in [-0.2, -0.15) is 0 Å². The molecule has 0 amide bonds. The van der Waals surface area contributed by atoms with Crippen LogP contribution in [0.1, 0.15) is 13.8 Å². The lowest BCUT2D eigenvalue weighted by Crippen LogP contribution is -2.40. The number of carbonyl (C=O) groups is 1. The number of esters is 1. The molecule has 0 saturated carbocycles. The molecule has 0 aromatic heterocycles. The molecule has 2 aliphatic rings. The zero-order valence-electron chi connectivity index (χ0n) is 10.6. The van der Waals surface area contributed by atoms with E-state index in [1.807, 2.05) is 0 Å². The molecule has 96 valence electrons. The van der Waals surface area contributed by atoms with Gasteiger partial charge in [0.15, 0.2) is 0 Å². The fourth-order valence-electron chi connectivity index (χ4n) is 1.67. The molecule has 0 radical (unpaired) electrons. The lowest BCUT2D eigenvalue weighted by atomic mass is 10.1. The van der Waals surface area contributed by atoms with Crippen LogP contribution in [-0.4, -0.2) is 17.9 Å². The molecule has 0 saturated heterocycles. The van der Waals surface area contributed by atoms with Gasteiger partial charge in [-0.15, -0.1) is 0 Å². The zero-order valence-corrected chi connectivity index (χ0v) is 10.6. The fourth-order valence-corrected chi connectivity index (χ4v) is 1.67. The first-order chi connectivity index (χ1) is 9.16. The summed E-state index contributed by atoms with van der Waals surface area (Å²) in [5.74, 6) is 9.71. The highest BCUT2D eigenvalue weighted by molar-refractivity contribution is 5.66. The van der Waals surface area contributed by atoms with Gasteiger partial charge in [-0.05, 0) is 30.9 Å². The number of carbonyl (C=O) groups excluding carboxylic acids is 1. The highest BCUT2D eigenvalue weighted by atomic mass is 16.7. The first-order valence-electron chi connectivity index (χ1n) is 5.69. The van der Waals surface area contributed by atoms with Crippen molar-refractivity contribution in [3.63, 3.8) is 0 Å². The Morgan fingerprint density at radius 3 is 3.11 bits per heavy atom. The second-order valence-corrected chi connectivity index (χ2v) is 3.82. The van der Waals surface area contributed by atoms with Crippen LogP contribution in [0.2, 0.25) is 0 Å². The van der Waals surface area contributed by atoms with Crippen molar-refractivity contribution in [2.45, 2.75) is 25.7 Å². The standard InChI is InChI=1S/C15H12O4/c1-3-4-5-6-7-13-8-10-15(19-13)14(9-11-17-15)18-12(2)16/h7-11,14H,1-2H3/b13-7-. The second kappa shape index (κ2) is 5.37. The Bertz CT molecular complexity index is 589. The highest BCUT2D eigenvalue weighted by Crippen LogP contribution is 2.36. The van der Waals surface area contributed by atoms with Gasteiger partial charge in [0.2, 0.25) is 6.10 Å². The van der Waals surface area contributed by atoms with Crippen LogP contribution in [0.4, 0.5) is 0 Å². The van der Waals surface area contributed by atoms with Crippen LogP contribution in [-0.2, 0) is 19.0 Å². The second-order valence-electron chi connectivity index (χ2n) is 3.82. The van der Waals surface area contributed by atoms with Crippen molar-refractivity contribution in [2.24, 2.45) is 0 Å². The third-order valence-corrected chi connectivity index (χ3v) is 2.43. The van der Waals surface area contributed by atoms with Crippen molar-refractivity contribution >= 4 is 5.97 Å². The fraction of sp³-hybridized carbons (Fsp3) is 0.267. The van der Waals surface area contributed by atoms with E-state index in [2.05, 4.69) is 23.7 Å². The van der Waals surface area contributed by atoms with Gasteiger partial charge in [-0.1, -0.05) is 11.8 Å². The number of allylic oxidation sites excluding steroid dienone is 2. The van der Waals surface area contributed by atoms with E-state index in [9.17, 15) is 4.79 Å². The number of hydrogen-bond acceptors (Lipinski definition) is 4. The summed E-state index contributed by atoms with van der Waals surface area (Å²) in [7, 11) is 0. The molecule has 2 rings (SSSR count). The number of rotatable bonds is 1. The van der Waals surface area contributed by atoms with E-state index in [1.165, 1.54) is 13.2 Å². The van der Waals surface area contributed by atoms with Crippen LogP contribution < -0.4 is 0 Å². The SMILES string of the molecule is CC#CC#C/C=C1/C=CC2(OC=CC2OC(C)=O)O1. The predicted octanol–water partition coefficient (Wildman–Crippen LogP) is 1.66. The van der Waals surface area contributed by atoms with Crippen LogP contribution in [0.5, 0.6) is 0 Å². The summed E-state index contributed by atoms with van der Waals surface area (Å²) in [5.41, 5.74) is 0. The maximum Gasteiger partial charge on any atom is 0.312 e. The monoisotopic (exact) mass is 256 g/mol. The summed E-state index contributed by atoms with van der Waals surface area (Å²) in [6.45, 7) is 3.05. The molecule has 0 bridgehead atoms. The van der Waals surface area contributed by atoms with Crippen molar-refractivity contribution in [3.8, 4) is 23.7 Å². The lowest BCUT2D eigenvalue weighted by molar-refractivity contribution is -0.189. The van der Waals surface area contributed by atoms with Gasteiger partial charge < -0.3 is 14.2 Å². The molecule has 2 unspecified atom stereocenters. The van der Waals surface area contributed by atoms with Crippen molar-refractivity contribution in [2.75, 3.05) is 0 Å².